The maximum atomic E-state index is 12.3. The molecule has 0 saturated heterocycles. The van der Waals surface area contributed by atoms with Gasteiger partial charge in [0.15, 0.2) is 0 Å². The van der Waals surface area contributed by atoms with Gasteiger partial charge in [-0.15, -0.1) is 0 Å². The van der Waals surface area contributed by atoms with E-state index >= 15 is 0 Å². The molecule has 130 valence electrons. The fourth-order valence-corrected chi connectivity index (χ4v) is 2.67. The summed E-state index contributed by atoms with van der Waals surface area (Å²) in [6, 6.07) is 14.2. The quantitative estimate of drug-likeness (QED) is 0.724. The molecule has 0 spiro atoms. The summed E-state index contributed by atoms with van der Waals surface area (Å²) in [6.07, 6.45) is 0. The first-order chi connectivity index (χ1) is 12.1. The molecule has 6 heteroatoms. The van der Waals surface area contributed by atoms with Gasteiger partial charge >= 0.3 is 0 Å². The molecule has 1 heterocycles. The number of rotatable bonds is 7. The van der Waals surface area contributed by atoms with Gasteiger partial charge < -0.3 is 9.47 Å². The Bertz CT molecular complexity index is 738. The Kier molecular flexibility index (Phi) is 5.00. The van der Waals surface area contributed by atoms with Crippen molar-refractivity contribution in [3.8, 4) is 11.5 Å². The molecule has 0 radical (unpaired) electrons. The zero-order chi connectivity index (χ0) is 17.8. The van der Waals surface area contributed by atoms with E-state index in [0.717, 1.165) is 11.5 Å². The van der Waals surface area contributed by atoms with Gasteiger partial charge in [-0.3, -0.25) is 19.4 Å². The lowest BCUT2D eigenvalue weighted by atomic mass is 10.1. The summed E-state index contributed by atoms with van der Waals surface area (Å²) in [4.78, 5) is 27.8. The number of carbonyl (C=O) groups is 2. The largest absolute Gasteiger partial charge is 0.497 e. The zero-order valence-corrected chi connectivity index (χ0v) is 14.3. The molecule has 2 aromatic rings. The number of imide groups is 1. The molecule has 0 atom stereocenters. The van der Waals surface area contributed by atoms with Crippen LogP contribution in [0, 0.1) is 0 Å². The van der Waals surface area contributed by atoms with Crippen LogP contribution in [0.15, 0.2) is 48.5 Å². The molecule has 0 aliphatic carbocycles. The number of carbonyl (C=O) groups excluding carboxylic acids is 2. The minimum Gasteiger partial charge on any atom is -0.497 e. The van der Waals surface area contributed by atoms with Gasteiger partial charge in [0.2, 0.25) is 0 Å². The van der Waals surface area contributed by atoms with E-state index in [4.69, 9.17) is 9.47 Å². The van der Waals surface area contributed by atoms with Crippen molar-refractivity contribution in [2.45, 2.75) is 0 Å². The third-order valence-electron chi connectivity index (χ3n) is 4.06. The second kappa shape index (κ2) is 7.36. The molecule has 1 aliphatic heterocycles. The molecule has 0 N–H and O–H groups in total. The molecule has 0 aromatic heterocycles. The lowest BCUT2D eigenvalue weighted by molar-refractivity contribution is 0.0553. The Morgan fingerprint density at radius 3 is 2.04 bits per heavy atom. The summed E-state index contributed by atoms with van der Waals surface area (Å²) in [6.45, 7) is 1.27. The van der Waals surface area contributed by atoms with Crippen LogP contribution < -0.4 is 9.47 Å². The van der Waals surface area contributed by atoms with Crippen molar-refractivity contribution in [3.05, 3.63) is 59.7 Å². The zero-order valence-electron chi connectivity index (χ0n) is 14.3. The van der Waals surface area contributed by atoms with Gasteiger partial charge in [0.1, 0.15) is 18.1 Å². The van der Waals surface area contributed by atoms with Gasteiger partial charge in [0, 0.05) is 6.54 Å². The molecule has 2 aromatic carbocycles. The van der Waals surface area contributed by atoms with Crippen LogP contribution in [0.25, 0.3) is 0 Å². The molecule has 0 saturated carbocycles. The van der Waals surface area contributed by atoms with Gasteiger partial charge in [0.25, 0.3) is 11.8 Å². The highest BCUT2D eigenvalue weighted by molar-refractivity contribution is 6.21. The fraction of sp³-hybridized carbons (Fsp3) is 0.263. The molecule has 25 heavy (non-hydrogen) atoms. The number of likely N-dealkylation sites (N-methyl/N-ethyl adjacent to an activating group) is 1. The predicted octanol–water partition coefficient (Wildman–Crippen LogP) is 2.26. The molecule has 1 aliphatic rings. The lowest BCUT2D eigenvalue weighted by Crippen LogP contribution is -2.40. The summed E-state index contributed by atoms with van der Waals surface area (Å²) in [5, 5.41) is 0. The van der Waals surface area contributed by atoms with Crippen LogP contribution in [0.2, 0.25) is 0 Å². The topological polar surface area (TPSA) is 59.1 Å². The first kappa shape index (κ1) is 17.0. The number of benzene rings is 2. The van der Waals surface area contributed by atoms with E-state index in [1.165, 1.54) is 4.90 Å². The molecule has 6 nitrogen and oxygen atoms in total. The number of methoxy groups -OCH3 is 1. The van der Waals surface area contributed by atoms with E-state index < -0.39 is 0 Å². The maximum absolute atomic E-state index is 12.3. The smallest absolute Gasteiger partial charge is 0.262 e. The average Bonchev–Trinajstić information content (AvgIpc) is 2.88. The Morgan fingerprint density at radius 1 is 0.920 bits per heavy atom. The van der Waals surface area contributed by atoms with Crippen LogP contribution >= 0.6 is 0 Å². The molecule has 0 unspecified atom stereocenters. The van der Waals surface area contributed by atoms with Crippen LogP contribution in [0.5, 0.6) is 11.5 Å². The molecular weight excluding hydrogens is 320 g/mol. The molecule has 0 bridgehead atoms. The van der Waals surface area contributed by atoms with Gasteiger partial charge in [-0.2, -0.15) is 0 Å². The second-order valence-corrected chi connectivity index (χ2v) is 5.83. The third kappa shape index (κ3) is 3.64. The van der Waals surface area contributed by atoms with Crippen molar-refractivity contribution in [2.75, 3.05) is 34.0 Å². The molecule has 2 amide bonds. The molecule has 0 fully saturated rings. The van der Waals surface area contributed by atoms with E-state index in [0.29, 0.717) is 24.3 Å². The summed E-state index contributed by atoms with van der Waals surface area (Å²) in [5.41, 5.74) is 0.936. The van der Waals surface area contributed by atoms with Gasteiger partial charge in [-0.25, -0.2) is 0 Å². The maximum Gasteiger partial charge on any atom is 0.262 e. The second-order valence-electron chi connectivity index (χ2n) is 5.83. The number of ether oxygens (including phenoxy) is 2. The minimum atomic E-state index is -0.247. The Labute approximate surface area is 146 Å². The van der Waals surface area contributed by atoms with Crippen LogP contribution in [0.1, 0.15) is 20.7 Å². The highest BCUT2D eigenvalue weighted by atomic mass is 16.5. The summed E-state index contributed by atoms with van der Waals surface area (Å²) < 4.78 is 10.8. The monoisotopic (exact) mass is 340 g/mol. The number of amides is 2. The van der Waals surface area contributed by atoms with Gasteiger partial charge in [0.05, 0.1) is 24.9 Å². The van der Waals surface area contributed by atoms with Crippen molar-refractivity contribution in [2.24, 2.45) is 0 Å². The van der Waals surface area contributed by atoms with Crippen LogP contribution in [0.4, 0.5) is 0 Å². The highest BCUT2D eigenvalue weighted by Gasteiger charge is 2.35. The Balaban J connectivity index is 1.50. The SMILES string of the molecule is COc1ccc(OCCN(C)CN2C(=O)c3ccccc3C2=O)cc1. The minimum absolute atomic E-state index is 0.234. The van der Waals surface area contributed by atoms with Crippen molar-refractivity contribution in [1.29, 1.82) is 0 Å². The number of fused-ring (bicyclic) bond motifs is 1. The highest BCUT2D eigenvalue weighted by Crippen LogP contribution is 2.22. The normalized spacial score (nSPS) is 13.3. The summed E-state index contributed by atoms with van der Waals surface area (Å²) in [5.74, 6) is 1.03. The van der Waals surface area contributed by atoms with E-state index in [2.05, 4.69) is 0 Å². The van der Waals surface area contributed by atoms with Crippen molar-refractivity contribution >= 4 is 11.8 Å². The Morgan fingerprint density at radius 2 is 1.48 bits per heavy atom. The average molecular weight is 340 g/mol. The predicted molar refractivity (Wildman–Crippen MR) is 92.9 cm³/mol. The first-order valence-corrected chi connectivity index (χ1v) is 8.01. The standard InChI is InChI=1S/C19H20N2O4/c1-20(11-12-25-15-9-7-14(24-2)8-10-15)13-21-18(22)16-5-3-4-6-17(16)19(21)23/h3-10H,11-13H2,1-2H3. The molecular formula is C19H20N2O4. The lowest BCUT2D eigenvalue weighted by Gasteiger charge is -2.22. The van der Waals surface area contributed by atoms with E-state index in [9.17, 15) is 9.59 Å². The van der Waals surface area contributed by atoms with Crippen molar-refractivity contribution in [3.63, 3.8) is 0 Å². The van der Waals surface area contributed by atoms with E-state index in [1.807, 2.05) is 36.2 Å². The number of nitrogens with zero attached hydrogens (tertiary/aromatic N) is 2. The van der Waals surface area contributed by atoms with E-state index in [1.54, 1.807) is 31.4 Å². The summed E-state index contributed by atoms with van der Waals surface area (Å²) >= 11 is 0. The van der Waals surface area contributed by atoms with Crippen LogP contribution in [0.3, 0.4) is 0 Å². The van der Waals surface area contributed by atoms with Crippen LogP contribution in [-0.4, -0.2) is 55.6 Å². The molecule has 3 rings (SSSR count). The van der Waals surface area contributed by atoms with E-state index in [-0.39, 0.29) is 18.5 Å². The van der Waals surface area contributed by atoms with Crippen LogP contribution in [-0.2, 0) is 0 Å². The van der Waals surface area contributed by atoms with Gasteiger partial charge in [-0.1, -0.05) is 12.1 Å². The number of hydrogen-bond acceptors (Lipinski definition) is 5. The first-order valence-electron chi connectivity index (χ1n) is 8.01. The van der Waals surface area contributed by atoms with Crippen molar-refractivity contribution in [1.82, 2.24) is 9.80 Å². The van der Waals surface area contributed by atoms with Gasteiger partial charge in [-0.05, 0) is 43.4 Å². The Hall–Kier alpha value is -2.86. The van der Waals surface area contributed by atoms with Crippen molar-refractivity contribution < 1.29 is 19.1 Å². The number of hydrogen-bond donors (Lipinski definition) is 0. The fourth-order valence-electron chi connectivity index (χ4n) is 2.67. The third-order valence-corrected chi connectivity index (χ3v) is 4.06. The summed E-state index contributed by atoms with van der Waals surface area (Å²) in [7, 11) is 3.46.